The van der Waals surface area contributed by atoms with Crippen molar-refractivity contribution >= 4 is 23.2 Å². The zero-order chi connectivity index (χ0) is 24.7. The highest BCUT2D eigenvalue weighted by Crippen LogP contribution is 2.35. The van der Waals surface area contributed by atoms with Crippen LogP contribution in [0, 0.1) is 23.0 Å². The molecule has 0 unspecified atom stereocenters. The molecule has 10 heteroatoms. The molecule has 0 spiro atoms. The fraction of sp³-hybridized carbons (Fsp3) is 0.240. The summed E-state index contributed by atoms with van der Waals surface area (Å²) in [5.41, 5.74) is 3.21. The zero-order valence-corrected chi connectivity index (χ0v) is 19.8. The van der Waals surface area contributed by atoms with Gasteiger partial charge in [-0.05, 0) is 26.2 Å². The third kappa shape index (κ3) is 4.16. The summed E-state index contributed by atoms with van der Waals surface area (Å²) in [5.74, 6) is 0.189. The molecule has 0 bridgehead atoms. The number of anilines is 1. The molecule has 1 aliphatic heterocycles. The number of nitrogens with one attached hydrogen (secondary N) is 1. The van der Waals surface area contributed by atoms with Crippen LogP contribution in [0.25, 0.3) is 16.8 Å². The minimum Gasteiger partial charge on any atom is -0.493 e. The second-order valence-corrected chi connectivity index (χ2v) is 8.90. The summed E-state index contributed by atoms with van der Waals surface area (Å²) in [6.07, 6.45) is 3.67. The number of ether oxygens (including phenoxy) is 1. The number of imidazole rings is 1. The Kier molecular flexibility index (Phi) is 6.01. The van der Waals surface area contributed by atoms with Gasteiger partial charge in [0.2, 0.25) is 5.95 Å². The summed E-state index contributed by atoms with van der Waals surface area (Å²) < 4.78 is 36.7. The number of hydrogen-bond acceptors (Lipinski definition) is 6. The van der Waals surface area contributed by atoms with Crippen molar-refractivity contribution in [3.63, 3.8) is 0 Å². The van der Waals surface area contributed by atoms with E-state index in [2.05, 4.69) is 15.3 Å². The summed E-state index contributed by atoms with van der Waals surface area (Å²) in [4.78, 5) is 10.7. The molecule has 2 aromatic heterocycles. The molecule has 0 saturated carbocycles. The van der Waals surface area contributed by atoms with Crippen LogP contribution in [0.1, 0.15) is 22.4 Å². The monoisotopic (exact) mass is 494 g/mol. The molecule has 0 amide bonds. The van der Waals surface area contributed by atoms with Gasteiger partial charge >= 0.3 is 0 Å². The molecular weight excluding hydrogens is 474 g/mol. The lowest BCUT2D eigenvalue weighted by Gasteiger charge is -2.15. The lowest BCUT2D eigenvalue weighted by molar-refractivity contribution is 0.356. The van der Waals surface area contributed by atoms with Gasteiger partial charge in [0.15, 0.2) is 11.3 Å². The van der Waals surface area contributed by atoms with Crippen LogP contribution in [0.15, 0.2) is 36.7 Å². The summed E-state index contributed by atoms with van der Waals surface area (Å²) in [6, 6.07) is 8.43. The van der Waals surface area contributed by atoms with Crippen molar-refractivity contribution in [3.05, 3.63) is 75.7 Å². The molecule has 0 saturated heterocycles. The molecule has 35 heavy (non-hydrogen) atoms. The van der Waals surface area contributed by atoms with Gasteiger partial charge in [0, 0.05) is 53.5 Å². The first kappa shape index (κ1) is 23.0. The second-order valence-electron chi connectivity index (χ2n) is 8.52. The summed E-state index contributed by atoms with van der Waals surface area (Å²) in [7, 11) is 3.69. The molecule has 7 nitrogen and oxygen atoms in total. The summed E-state index contributed by atoms with van der Waals surface area (Å²) in [6.45, 7) is 1.07. The summed E-state index contributed by atoms with van der Waals surface area (Å²) in [5, 5.41) is 12.5. The van der Waals surface area contributed by atoms with Gasteiger partial charge < -0.3 is 15.0 Å². The molecular formula is C25H21ClF2N6O. The Morgan fingerprint density at radius 2 is 2.06 bits per heavy atom. The predicted octanol–water partition coefficient (Wildman–Crippen LogP) is 4.81. The van der Waals surface area contributed by atoms with Crippen molar-refractivity contribution < 1.29 is 13.5 Å². The first-order valence-corrected chi connectivity index (χ1v) is 11.3. The second kappa shape index (κ2) is 9.13. The summed E-state index contributed by atoms with van der Waals surface area (Å²) >= 11 is 6.42. The van der Waals surface area contributed by atoms with Gasteiger partial charge in [0.05, 0.1) is 17.8 Å². The number of nitriles is 1. The minimum atomic E-state index is -0.513. The number of nitrogens with zero attached hydrogens (tertiary/aromatic N) is 5. The molecule has 1 aliphatic rings. The number of aromatic nitrogens is 3. The van der Waals surface area contributed by atoms with E-state index >= 15 is 0 Å². The van der Waals surface area contributed by atoms with Gasteiger partial charge in [-0.2, -0.15) is 5.26 Å². The van der Waals surface area contributed by atoms with Gasteiger partial charge in [0.25, 0.3) is 0 Å². The van der Waals surface area contributed by atoms with Crippen LogP contribution in [0.5, 0.6) is 5.75 Å². The number of rotatable bonds is 6. The zero-order valence-electron chi connectivity index (χ0n) is 19.1. The van der Waals surface area contributed by atoms with E-state index < -0.39 is 5.82 Å². The highest BCUT2D eigenvalue weighted by atomic mass is 35.5. The molecule has 2 aromatic carbocycles. The largest absolute Gasteiger partial charge is 0.493 e. The van der Waals surface area contributed by atoms with E-state index in [0.29, 0.717) is 59.2 Å². The lowest BCUT2D eigenvalue weighted by Crippen LogP contribution is -2.12. The van der Waals surface area contributed by atoms with Gasteiger partial charge in [0.1, 0.15) is 23.5 Å². The first-order chi connectivity index (χ1) is 16.9. The topological polar surface area (TPSA) is 78.5 Å². The SMILES string of the molecule is CN(C)Cc1ccc(-c2cnc(NCc3c(F)ccc4c3CCO4)n3cc(C#N)nc23)c(Cl)c1F. The minimum absolute atomic E-state index is 0.0443. The van der Waals surface area contributed by atoms with E-state index in [1.807, 2.05) is 25.1 Å². The van der Waals surface area contributed by atoms with Crippen molar-refractivity contribution in [2.45, 2.75) is 19.5 Å². The van der Waals surface area contributed by atoms with Crippen molar-refractivity contribution in [3.8, 4) is 22.9 Å². The molecule has 0 aliphatic carbocycles. The van der Waals surface area contributed by atoms with Crippen molar-refractivity contribution in [1.82, 2.24) is 19.3 Å². The fourth-order valence-electron chi connectivity index (χ4n) is 4.29. The van der Waals surface area contributed by atoms with E-state index in [9.17, 15) is 14.0 Å². The fourth-order valence-corrected chi connectivity index (χ4v) is 4.57. The van der Waals surface area contributed by atoms with Crippen LogP contribution in [-0.4, -0.2) is 40.0 Å². The molecule has 5 rings (SSSR count). The number of hydrogen-bond donors (Lipinski definition) is 1. The lowest BCUT2D eigenvalue weighted by atomic mass is 10.0. The van der Waals surface area contributed by atoms with E-state index in [1.54, 1.807) is 22.6 Å². The van der Waals surface area contributed by atoms with Gasteiger partial charge in [-0.15, -0.1) is 0 Å². The Labute approximate surface area is 205 Å². The molecule has 0 fully saturated rings. The maximum absolute atomic E-state index is 15.0. The molecule has 1 N–H and O–H groups in total. The smallest absolute Gasteiger partial charge is 0.208 e. The first-order valence-electron chi connectivity index (χ1n) is 10.9. The number of fused-ring (bicyclic) bond motifs is 2. The van der Waals surface area contributed by atoms with E-state index in [0.717, 1.165) is 5.56 Å². The van der Waals surface area contributed by atoms with E-state index in [-0.39, 0.29) is 23.1 Å². The maximum atomic E-state index is 15.0. The van der Waals surface area contributed by atoms with Gasteiger partial charge in [-0.3, -0.25) is 4.40 Å². The van der Waals surface area contributed by atoms with Crippen LogP contribution in [0.3, 0.4) is 0 Å². The Morgan fingerprint density at radius 3 is 2.83 bits per heavy atom. The quantitative estimate of drug-likeness (QED) is 0.414. The molecule has 4 aromatic rings. The molecule has 178 valence electrons. The Hall–Kier alpha value is -3.74. The van der Waals surface area contributed by atoms with E-state index in [1.165, 1.54) is 18.5 Å². The van der Waals surface area contributed by atoms with Crippen molar-refractivity contribution in [2.24, 2.45) is 0 Å². The average Bonchev–Trinajstić information content (AvgIpc) is 3.49. The van der Waals surface area contributed by atoms with Crippen molar-refractivity contribution in [2.75, 3.05) is 26.0 Å². The third-order valence-electron chi connectivity index (χ3n) is 5.91. The predicted molar refractivity (Wildman–Crippen MR) is 128 cm³/mol. The Balaban J connectivity index is 1.54. The molecule has 0 radical (unpaired) electrons. The highest BCUT2D eigenvalue weighted by molar-refractivity contribution is 6.33. The van der Waals surface area contributed by atoms with Gasteiger partial charge in [-0.25, -0.2) is 18.7 Å². The number of benzene rings is 2. The van der Waals surface area contributed by atoms with E-state index in [4.69, 9.17) is 16.3 Å². The average molecular weight is 495 g/mol. The highest BCUT2D eigenvalue weighted by Gasteiger charge is 2.21. The third-order valence-corrected chi connectivity index (χ3v) is 6.28. The van der Waals surface area contributed by atoms with Crippen LogP contribution in [0.2, 0.25) is 5.02 Å². The maximum Gasteiger partial charge on any atom is 0.208 e. The van der Waals surface area contributed by atoms with Gasteiger partial charge in [-0.1, -0.05) is 23.7 Å². The molecule has 0 atom stereocenters. The Morgan fingerprint density at radius 1 is 1.23 bits per heavy atom. The normalized spacial score (nSPS) is 12.6. The van der Waals surface area contributed by atoms with Crippen LogP contribution < -0.4 is 10.1 Å². The standard InChI is InChI=1S/C25H21ClF2N6O/c1-33(2)12-14-3-4-17(22(26)23(14)28)19-11-31-25(34-13-15(9-29)32-24(19)34)30-10-18-16-7-8-35-21(16)6-5-20(18)27/h3-6,11,13H,7-8,10,12H2,1-2H3,(H,30,31). The Bertz CT molecular complexity index is 1490. The van der Waals surface area contributed by atoms with Crippen LogP contribution in [0.4, 0.5) is 14.7 Å². The number of halogens is 3. The van der Waals surface area contributed by atoms with Crippen molar-refractivity contribution in [1.29, 1.82) is 5.26 Å². The van der Waals surface area contributed by atoms with Crippen LogP contribution in [-0.2, 0) is 19.5 Å². The molecule has 3 heterocycles. The van der Waals surface area contributed by atoms with Crippen LogP contribution >= 0.6 is 11.6 Å².